The molecular weight excluding hydrogens is 360 g/mol. The van der Waals surface area contributed by atoms with Gasteiger partial charge in [-0.3, -0.25) is 28.7 Å². The minimum Gasteiger partial charge on any atom is -0.483 e. The van der Waals surface area contributed by atoms with Crippen molar-refractivity contribution < 1.29 is 24.2 Å². The van der Waals surface area contributed by atoms with Crippen LogP contribution in [0.4, 0.5) is 0 Å². The maximum atomic E-state index is 12.6. The highest BCUT2D eigenvalue weighted by molar-refractivity contribution is 5.82. The number of hydrogen-bond acceptors (Lipinski definition) is 6. The van der Waals surface area contributed by atoms with Crippen molar-refractivity contribution in [2.45, 2.75) is 19.5 Å². The fourth-order valence-corrected chi connectivity index (χ4v) is 3.08. The summed E-state index contributed by atoms with van der Waals surface area (Å²) in [5.41, 5.74) is -0.721. The van der Waals surface area contributed by atoms with E-state index in [1.54, 1.807) is 23.8 Å². The molecule has 2 fully saturated rings. The van der Waals surface area contributed by atoms with E-state index in [1.807, 2.05) is 0 Å². The van der Waals surface area contributed by atoms with E-state index in [9.17, 15) is 19.2 Å². The first-order chi connectivity index (χ1) is 12.8. The second kappa shape index (κ2) is 8.62. The first-order valence-corrected chi connectivity index (χ1v) is 8.28. The van der Waals surface area contributed by atoms with Crippen molar-refractivity contribution in [3.63, 3.8) is 0 Å². The lowest BCUT2D eigenvalue weighted by atomic mass is 10.1. The first kappa shape index (κ1) is 20.4. The van der Waals surface area contributed by atoms with Gasteiger partial charge in [0.05, 0.1) is 25.2 Å². The number of hydrogen-bond donors (Lipinski definition) is 2. The minimum absolute atomic E-state index is 0.0233. The second-order valence-electron chi connectivity index (χ2n) is 6.44. The highest BCUT2D eigenvalue weighted by Gasteiger charge is 2.38. The van der Waals surface area contributed by atoms with Gasteiger partial charge in [-0.2, -0.15) is 0 Å². The number of H-pyrrole nitrogens is 1. The van der Waals surface area contributed by atoms with Crippen LogP contribution in [0.2, 0.25) is 0 Å². The third kappa shape index (κ3) is 4.61. The summed E-state index contributed by atoms with van der Waals surface area (Å²) in [6.45, 7) is 2.47. The van der Waals surface area contributed by atoms with Crippen LogP contribution in [0.15, 0.2) is 15.8 Å². The summed E-state index contributed by atoms with van der Waals surface area (Å²) in [4.78, 5) is 61.9. The quantitative estimate of drug-likeness (QED) is 0.556. The number of nitrogens with zero attached hydrogens (tertiary/aromatic N) is 3. The number of aromatic amines is 1. The number of ether oxygens (including phenoxy) is 1. The lowest BCUT2D eigenvalue weighted by Crippen LogP contribution is -2.46. The van der Waals surface area contributed by atoms with E-state index < -0.39 is 11.2 Å². The molecule has 2 aliphatic heterocycles. The molecule has 0 spiro atoms. The molecule has 0 unspecified atom stereocenters. The third-order valence-electron chi connectivity index (χ3n) is 4.59. The summed E-state index contributed by atoms with van der Waals surface area (Å²) in [5, 5.41) is 6.89. The molecule has 2 atom stereocenters. The summed E-state index contributed by atoms with van der Waals surface area (Å²) in [7, 11) is 1.72. The van der Waals surface area contributed by atoms with E-state index in [4.69, 9.17) is 14.6 Å². The lowest BCUT2D eigenvalue weighted by molar-refractivity contribution is -0.135. The maximum absolute atomic E-state index is 12.6. The van der Waals surface area contributed by atoms with Crippen molar-refractivity contribution in [2.24, 2.45) is 5.92 Å². The van der Waals surface area contributed by atoms with Gasteiger partial charge in [0.1, 0.15) is 6.54 Å². The van der Waals surface area contributed by atoms with Crippen molar-refractivity contribution in [3.05, 3.63) is 32.6 Å². The number of carbonyl (C=O) groups excluding carboxylic acids is 2. The molecule has 1 aromatic heterocycles. The van der Waals surface area contributed by atoms with E-state index in [1.165, 1.54) is 10.8 Å². The number of rotatable bonds is 2. The molecule has 3 rings (SSSR count). The van der Waals surface area contributed by atoms with Crippen LogP contribution in [0.25, 0.3) is 0 Å². The van der Waals surface area contributed by atoms with Crippen LogP contribution >= 0.6 is 0 Å². The summed E-state index contributed by atoms with van der Waals surface area (Å²) >= 11 is 0. The number of likely N-dealkylation sites (N-methyl/N-ethyl adjacent to an activating group) is 1. The van der Waals surface area contributed by atoms with Gasteiger partial charge >= 0.3 is 5.69 Å². The fraction of sp³-hybridized carbons (Fsp3) is 0.562. The zero-order chi connectivity index (χ0) is 20.1. The van der Waals surface area contributed by atoms with E-state index in [0.29, 0.717) is 25.3 Å². The molecule has 0 saturated carbocycles. The molecule has 2 bridgehead atoms. The van der Waals surface area contributed by atoms with Gasteiger partial charge < -0.3 is 19.6 Å². The molecule has 148 valence electrons. The Morgan fingerprint density at radius 2 is 2.00 bits per heavy atom. The SMILES string of the molecule is Cc1cn(CC(=O)N2C[C@@H]3COC[C@H](C2)N(C)C3=O)c(=O)[nH]c1=O.O=CO. The van der Waals surface area contributed by atoms with E-state index in [-0.39, 0.29) is 43.3 Å². The normalized spacial score (nSPS) is 21.8. The molecule has 27 heavy (non-hydrogen) atoms. The Balaban J connectivity index is 0.000000817. The molecule has 0 aliphatic carbocycles. The number of nitrogens with one attached hydrogen (secondary N) is 1. The summed E-state index contributed by atoms with van der Waals surface area (Å²) in [5.74, 6) is -0.672. The highest BCUT2D eigenvalue weighted by Crippen LogP contribution is 2.19. The Hall–Kier alpha value is -2.95. The minimum atomic E-state index is -0.620. The molecule has 11 nitrogen and oxygen atoms in total. The van der Waals surface area contributed by atoms with Crippen molar-refractivity contribution >= 4 is 18.3 Å². The van der Waals surface area contributed by atoms with Crippen molar-refractivity contribution in [2.75, 3.05) is 33.4 Å². The highest BCUT2D eigenvalue weighted by atomic mass is 16.5. The predicted octanol–water partition coefficient (Wildman–Crippen LogP) is -2.14. The Morgan fingerprint density at radius 3 is 2.67 bits per heavy atom. The van der Waals surface area contributed by atoms with Crippen molar-refractivity contribution in [3.8, 4) is 0 Å². The van der Waals surface area contributed by atoms with Gasteiger partial charge in [-0.05, 0) is 6.92 Å². The van der Waals surface area contributed by atoms with E-state index in [2.05, 4.69) is 4.98 Å². The lowest BCUT2D eigenvalue weighted by Gasteiger charge is -2.29. The zero-order valence-electron chi connectivity index (χ0n) is 15.1. The molecule has 2 N–H and O–H groups in total. The number of aromatic nitrogens is 2. The smallest absolute Gasteiger partial charge is 0.328 e. The van der Waals surface area contributed by atoms with Gasteiger partial charge in [-0.1, -0.05) is 0 Å². The van der Waals surface area contributed by atoms with Gasteiger partial charge in [0, 0.05) is 31.9 Å². The number of aryl methyl sites for hydroxylation is 1. The topological polar surface area (TPSA) is 142 Å². The Kier molecular flexibility index (Phi) is 6.50. The van der Waals surface area contributed by atoms with Gasteiger partial charge in [0.15, 0.2) is 0 Å². The van der Waals surface area contributed by atoms with E-state index >= 15 is 0 Å². The predicted molar refractivity (Wildman–Crippen MR) is 92.2 cm³/mol. The number of carboxylic acid groups (broad SMARTS) is 1. The molecule has 0 radical (unpaired) electrons. The van der Waals surface area contributed by atoms with Crippen LogP contribution in [0, 0.1) is 12.8 Å². The zero-order valence-corrected chi connectivity index (χ0v) is 15.1. The molecule has 1 aromatic rings. The van der Waals surface area contributed by atoms with Crippen LogP contribution in [0.1, 0.15) is 5.56 Å². The summed E-state index contributed by atoms with van der Waals surface area (Å²) in [6.07, 6.45) is 1.37. The van der Waals surface area contributed by atoms with Gasteiger partial charge in [0.2, 0.25) is 11.8 Å². The molecular formula is C16H22N4O7. The fourth-order valence-electron chi connectivity index (χ4n) is 3.08. The third-order valence-corrected chi connectivity index (χ3v) is 4.59. The molecule has 11 heteroatoms. The van der Waals surface area contributed by atoms with Crippen LogP contribution in [0.3, 0.4) is 0 Å². The Bertz CT molecular complexity index is 831. The average molecular weight is 382 g/mol. The Morgan fingerprint density at radius 1 is 1.33 bits per heavy atom. The first-order valence-electron chi connectivity index (χ1n) is 8.28. The van der Waals surface area contributed by atoms with Crippen LogP contribution in [-0.4, -0.2) is 82.1 Å². The second-order valence-corrected chi connectivity index (χ2v) is 6.44. The maximum Gasteiger partial charge on any atom is 0.328 e. The van der Waals surface area contributed by atoms with E-state index in [0.717, 1.165) is 0 Å². The molecule has 2 aliphatic rings. The molecule has 3 heterocycles. The van der Waals surface area contributed by atoms with Gasteiger partial charge in [-0.25, -0.2) is 4.79 Å². The largest absolute Gasteiger partial charge is 0.483 e. The number of carbonyl (C=O) groups is 3. The van der Waals surface area contributed by atoms with Crippen molar-refractivity contribution in [1.29, 1.82) is 0 Å². The van der Waals surface area contributed by atoms with Crippen molar-refractivity contribution in [1.82, 2.24) is 19.4 Å². The Labute approximate surface area is 154 Å². The van der Waals surface area contributed by atoms with Crippen LogP contribution in [0.5, 0.6) is 0 Å². The average Bonchev–Trinajstić information content (AvgIpc) is 2.78. The molecule has 2 saturated heterocycles. The van der Waals surface area contributed by atoms with Gasteiger partial charge in [-0.15, -0.1) is 0 Å². The standard InChI is InChI=1S/C15H20N4O5.CH2O2/c1-9-3-19(15(23)16-13(9)21)6-12(20)18-4-10-7-24-8-11(5-18)17(2)14(10)22;2-1-3/h3,10-11H,4-8H2,1-2H3,(H,16,21,23);1H,(H,2,3)/t10-,11+;/m1./s1. The molecule has 0 aromatic carbocycles. The number of fused-ring (bicyclic) bond motifs is 3. The summed E-state index contributed by atoms with van der Waals surface area (Å²) in [6, 6.07) is -0.192. The summed E-state index contributed by atoms with van der Waals surface area (Å²) < 4.78 is 6.68. The van der Waals surface area contributed by atoms with Crippen LogP contribution in [-0.2, 0) is 25.7 Å². The monoisotopic (exact) mass is 382 g/mol. The van der Waals surface area contributed by atoms with Gasteiger partial charge in [0.25, 0.3) is 12.0 Å². The number of amides is 2. The van der Waals surface area contributed by atoms with Crippen LogP contribution < -0.4 is 11.2 Å². The molecule has 2 amide bonds.